The third kappa shape index (κ3) is 8.97. The predicted molar refractivity (Wildman–Crippen MR) is 127 cm³/mol. The molecule has 8 heteroatoms. The van der Waals surface area contributed by atoms with E-state index in [0.717, 1.165) is 43.7 Å². The molecule has 0 radical (unpaired) electrons. The van der Waals surface area contributed by atoms with Gasteiger partial charge in [-0.25, -0.2) is 4.39 Å². The standard InChI is InChI=1S/C23H25FN4O.2ClH/c24-20-7-9-21(10-8-20)26-17-23(29)27-22-11-14-28(15-12-22)13-1-2-18-3-5-19(16-25)6-4-18;;/h1-10,22,26H,11-15,17H2,(H,27,29);2*1H/b2-1+;;. The number of benzene rings is 2. The lowest BCUT2D eigenvalue weighted by Gasteiger charge is -2.31. The maximum atomic E-state index is 12.9. The first-order valence-corrected chi connectivity index (χ1v) is 9.80. The molecule has 2 aromatic carbocycles. The molecule has 166 valence electrons. The Morgan fingerprint density at radius 3 is 2.35 bits per heavy atom. The molecule has 0 atom stereocenters. The molecule has 1 heterocycles. The largest absolute Gasteiger partial charge is 0.376 e. The minimum Gasteiger partial charge on any atom is -0.376 e. The molecule has 3 rings (SSSR count). The van der Waals surface area contributed by atoms with Gasteiger partial charge >= 0.3 is 0 Å². The Bertz CT molecular complexity index is 874. The van der Waals surface area contributed by atoms with Gasteiger partial charge in [0.25, 0.3) is 0 Å². The Balaban J connectivity index is 0.00000240. The van der Waals surface area contributed by atoms with Crippen molar-refractivity contribution in [3.8, 4) is 6.07 Å². The lowest BCUT2D eigenvalue weighted by Crippen LogP contribution is -2.46. The van der Waals surface area contributed by atoms with E-state index >= 15 is 0 Å². The summed E-state index contributed by atoms with van der Waals surface area (Å²) in [7, 11) is 0. The Morgan fingerprint density at radius 1 is 1.10 bits per heavy atom. The molecule has 1 saturated heterocycles. The first kappa shape index (κ1) is 26.4. The molecule has 0 bridgehead atoms. The zero-order valence-corrected chi connectivity index (χ0v) is 18.7. The number of hydrogen-bond acceptors (Lipinski definition) is 4. The van der Waals surface area contributed by atoms with Gasteiger partial charge in [-0.3, -0.25) is 9.69 Å². The van der Waals surface area contributed by atoms with E-state index in [2.05, 4.69) is 33.8 Å². The molecule has 2 aromatic rings. The fraction of sp³-hybridized carbons (Fsp3) is 0.304. The van der Waals surface area contributed by atoms with Gasteiger partial charge in [0, 0.05) is 31.4 Å². The maximum Gasteiger partial charge on any atom is 0.239 e. The highest BCUT2D eigenvalue weighted by molar-refractivity contribution is 5.85. The van der Waals surface area contributed by atoms with E-state index in [9.17, 15) is 9.18 Å². The van der Waals surface area contributed by atoms with Crippen LogP contribution in [0.4, 0.5) is 10.1 Å². The summed E-state index contributed by atoms with van der Waals surface area (Å²) in [5.41, 5.74) is 2.48. The first-order valence-electron chi connectivity index (χ1n) is 9.80. The smallest absolute Gasteiger partial charge is 0.239 e. The summed E-state index contributed by atoms with van der Waals surface area (Å²) in [5.74, 6) is -0.341. The van der Waals surface area contributed by atoms with E-state index < -0.39 is 0 Å². The van der Waals surface area contributed by atoms with Crippen molar-refractivity contribution < 1.29 is 9.18 Å². The van der Waals surface area contributed by atoms with Gasteiger partial charge in [-0.15, -0.1) is 24.8 Å². The summed E-state index contributed by atoms with van der Waals surface area (Å²) >= 11 is 0. The molecular formula is C23H27Cl2FN4O. The summed E-state index contributed by atoms with van der Waals surface area (Å²) in [6.07, 6.45) is 6.04. The maximum absolute atomic E-state index is 12.9. The molecule has 2 N–H and O–H groups in total. The van der Waals surface area contributed by atoms with E-state index in [1.165, 1.54) is 12.1 Å². The predicted octanol–water partition coefficient (Wildman–Crippen LogP) is 4.25. The average molecular weight is 465 g/mol. The van der Waals surface area contributed by atoms with E-state index in [-0.39, 0.29) is 49.1 Å². The van der Waals surface area contributed by atoms with Gasteiger partial charge in [0.2, 0.25) is 5.91 Å². The summed E-state index contributed by atoms with van der Waals surface area (Å²) < 4.78 is 12.9. The number of piperidine rings is 1. The van der Waals surface area contributed by atoms with Crippen LogP contribution in [0.1, 0.15) is 24.0 Å². The second-order valence-corrected chi connectivity index (χ2v) is 7.14. The van der Waals surface area contributed by atoms with Crippen LogP contribution in [0.15, 0.2) is 54.6 Å². The van der Waals surface area contributed by atoms with Crippen molar-refractivity contribution >= 4 is 42.5 Å². The number of nitrogens with zero attached hydrogens (tertiary/aromatic N) is 2. The molecule has 0 unspecified atom stereocenters. The molecule has 1 amide bonds. The zero-order chi connectivity index (χ0) is 20.5. The lowest BCUT2D eigenvalue weighted by molar-refractivity contribution is -0.120. The van der Waals surface area contributed by atoms with Crippen molar-refractivity contribution in [1.29, 1.82) is 5.26 Å². The van der Waals surface area contributed by atoms with Crippen molar-refractivity contribution in [2.24, 2.45) is 0 Å². The van der Waals surface area contributed by atoms with E-state index in [4.69, 9.17) is 5.26 Å². The van der Waals surface area contributed by atoms with Gasteiger partial charge in [0.05, 0.1) is 18.2 Å². The number of anilines is 1. The summed E-state index contributed by atoms with van der Waals surface area (Å²) in [4.78, 5) is 14.5. The van der Waals surface area contributed by atoms with Crippen LogP contribution in [0.5, 0.6) is 0 Å². The van der Waals surface area contributed by atoms with Gasteiger partial charge in [0.15, 0.2) is 0 Å². The highest BCUT2D eigenvalue weighted by Crippen LogP contribution is 2.12. The quantitative estimate of drug-likeness (QED) is 0.642. The molecule has 0 spiro atoms. The molecule has 31 heavy (non-hydrogen) atoms. The second kappa shape index (κ2) is 13.7. The summed E-state index contributed by atoms with van der Waals surface area (Å²) in [5, 5.41) is 14.9. The molecular weight excluding hydrogens is 438 g/mol. The highest BCUT2D eigenvalue weighted by atomic mass is 35.5. The van der Waals surface area contributed by atoms with Crippen LogP contribution in [0, 0.1) is 17.1 Å². The topological polar surface area (TPSA) is 68.2 Å². The van der Waals surface area contributed by atoms with Crippen LogP contribution in [0.2, 0.25) is 0 Å². The van der Waals surface area contributed by atoms with Crippen LogP contribution < -0.4 is 10.6 Å². The Hall–Kier alpha value is -2.59. The Labute approximate surface area is 195 Å². The van der Waals surface area contributed by atoms with Gasteiger partial charge in [-0.2, -0.15) is 5.26 Å². The number of amides is 1. The van der Waals surface area contributed by atoms with Crippen LogP contribution in [0.3, 0.4) is 0 Å². The number of rotatable bonds is 7. The third-order valence-electron chi connectivity index (χ3n) is 4.96. The SMILES string of the molecule is Cl.Cl.N#Cc1ccc(/C=C/CN2CCC(NC(=O)CNc3ccc(F)cc3)CC2)cc1. The van der Waals surface area contributed by atoms with Crippen LogP contribution in [-0.4, -0.2) is 43.0 Å². The van der Waals surface area contributed by atoms with Crippen molar-refractivity contribution in [2.45, 2.75) is 18.9 Å². The lowest BCUT2D eigenvalue weighted by atomic mass is 10.0. The van der Waals surface area contributed by atoms with Gasteiger partial charge in [0.1, 0.15) is 5.82 Å². The molecule has 0 aliphatic carbocycles. The number of carbonyl (C=O) groups excluding carboxylic acids is 1. The second-order valence-electron chi connectivity index (χ2n) is 7.14. The van der Waals surface area contributed by atoms with Gasteiger partial charge in [-0.1, -0.05) is 24.3 Å². The molecule has 0 saturated carbocycles. The fourth-order valence-electron chi connectivity index (χ4n) is 3.30. The van der Waals surface area contributed by atoms with E-state index in [1.807, 2.05) is 24.3 Å². The number of hydrogen-bond donors (Lipinski definition) is 2. The van der Waals surface area contributed by atoms with Crippen LogP contribution in [0.25, 0.3) is 6.08 Å². The fourth-order valence-corrected chi connectivity index (χ4v) is 3.30. The summed E-state index contributed by atoms with van der Waals surface area (Å²) in [6, 6.07) is 15.8. The highest BCUT2D eigenvalue weighted by Gasteiger charge is 2.19. The monoisotopic (exact) mass is 464 g/mol. The average Bonchev–Trinajstić information content (AvgIpc) is 2.75. The zero-order valence-electron chi connectivity index (χ0n) is 17.1. The number of carbonyl (C=O) groups is 1. The van der Waals surface area contributed by atoms with Gasteiger partial charge in [-0.05, 0) is 54.8 Å². The molecule has 1 fully saturated rings. The van der Waals surface area contributed by atoms with Crippen LogP contribution >= 0.6 is 24.8 Å². The number of halogens is 3. The number of nitrogens with one attached hydrogen (secondary N) is 2. The Morgan fingerprint density at radius 2 is 1.74 bits per heavy atom. The van der Waals surface area contributed by atoms with Crippen molar-refractivity contribution in [3.05, 3.63) is 71.6 Å². The van der Waals surface area contributed by atoms with Crippen molar-refractivity contribution in [3.63, 3.8) is 0 Å². The minimum atomic E-state index is -0.293. The van der Waals surface area contributed by atoms with Crippen molar-refractivity contribution in [1.82, 2.24) is 10.2 Å². The molecule has 1 aliphatic rings. The Kier molecular flexibility index (Phi) is 11.7. The number of nitriles is 1. The van der Waals surface area contributed by atoms with Gasteiger partial charge < -0.3 is 10.6 Å². The first-order chi connectivity index (χ1) is 14.1. The summed E-state index contributed by atoms with van der Waals surface area (Å²) in [6.45, 7) is 2.92. The van der Waals surface area contributed by atoms with E-state index in [0.29, 0.717) is 5.56 Å². The molecule has 0 aromatic heterocycles. The van der Waals surface area contributed by atoms with Crippen molar-refractivity contribution in [2.75, 3.05) is 31.5 Å². The van der Waals surface area contributed by atoms with E-state index in [1.54, 1.807) is 12.1 Å². The normalized spacial score (nSPS) is 14.2. The minimum absolute atomic E-state index is 0. The van der Waals surface area contributed by atoms with Crippen LogP contribution in [-0.2, 0) is 4.79 Å². The third-order valence-corrected chi connectivity index (χ3v) is 4.96. The molecule has 1 aliphatic heterocycles. The number of likely N-dealkylation sites (tertiary alicyclic amines) is 1. The molecule has 5 nitrogen and oxygen atoms in total.